The quantitative estimate of drug-likeness (QED) is 0.385. The van der Waals surface area contributed by atoms with Crippen LogP contribution in [0.3, 0.4) is 0 Å². The first-order valence-corrected chi connectivity index (χ1v) is 13.2. The molecule has 8 heteroatoms. The van der Waals surface area contributed by atoms with Crippen molar-refractivity contribution in [1.29, 1.82) is 0 Å². The molecule has 1 aliphatic rings. The lowest BCUT2D eigenvalue weighted by atomic mass is 9.99. The maximum absolute atomic E-state index is 13.1. The largest absolute Gasteiger partial charge is 0.354 e. The van der Waals surface area contributed by atoms with E-state index in [0.29, 0.717) is 28.2 Å². The molecule has 0 spiro atoms. The van der Waals surface area contributed by atoms with E-state index < -0.39 is 10.0 Å². The number of benzene rings is 3. The molecule has 1 heterocycles. The average molecular weight is 491 g/mol. The van der Waals surface area contributed by atoms with E-state index in [9.17, 15) is 13.2 Å². The van der Waals surface area contributed by atoms with Gasteiger partial charge in [-0.3, -0.25) is 9.52 Å². The highest BCUT2D eigenvalue weighted by Gasteiger charge is 2.29. The second kappa shape index (κ2) is 10.3. The number of fused-ring (bicyclic) bond motifs is 1. The Morgan fingerprint density at radius 2 is 1.63 bits per heavy atom. The maximum atomic E-state index is 13.1. The SMILES string of the molecule is CCS(=O)(=O)Nc1ccc2c(c1)/C(=C(/Nc1ccc(CCN(C)C)cc1)c1ccccc1)C(=O)N2. The van der Waals surface area contributed by atoms with Crippen molar-refractivity contribution in [3.63, 3.8) is 0 Å². The number of likely N-dealkylation sites (N-methyl/N-ethyl adjacent to an activating group) is 1. The predicted molar refractivity (Wildman–Crippen MR) is 144 cm³/mol. The van der Waals surface area contributed by atoms with Crippen LogP contribution >= 0.6 is 0 Å². The number of carbonyl (C=O) groups is 1. The third-order valence-corrected chi connectivity index (χ3v) is 7.11. The van der Waals surface area contributed by atoms with Crippen LogP contribution in [0.1, 0.15) is 23.6 Å². The molecule has 35 heavy (non-hydrogen) atoms. The van der Waals surface area contributed by atoms with Crippen molar-refractivity contribution in [3.8, 4) is 0 Å². The summed E-state index contributed by atoms with van der Waals surface area (Å²) in [5, 5.41) is 6.35. The van der Waals surface area contributed by atoms with Crippen molar-refractivity contribution < 1.29 is 13.2 Å². The van der Waals surface area contributed by atoms with E-state index in [1.807, 2.05) is 42.5 Å². The molecule has 4 rings (SSSR count). The number of rotatable bonds is 9. The molecule has 0 saturated heterocycles. The zero-order valence-corrected chi connectivity index (χ0v) is 20.9. The van der Waals surface area contributed by atoms with Gasteiger partial charge in [0.05, 0.1) is 17.0 Å². The molecule has 0 saturated carbocycles. The zero-order chi connectivity index (χ0) is 25.0. The van der Waals surface area contributed by atoms with E-state index in [0.717, 1.165) is 24.2 Å². The Labute approximate surface area is 206 Å². The summed E-state index contributed by atoms with van der Waals surface area (Å²) in [4.78, 5) is 15.3. The third kappa shape index (κ3) is 5.90. The lowest BCUT2D eigenvalue weighted by molar-refractivity contribution is -0.110. The van der Waals surface area contributed by atoms with Gasteiger partial charge < -0.3 is 15.5 Å². The van der Waals surface area contributed by atoms with Gasteiger partial charge in [0.1, 0.15) is 0 Å². The second-order valence-electron chi connectivity index (χ2n) is 8.71. The first-order valence-electron chi connectivity index (χ1n) is 11.5. The van der Waals surface area contributed by atoms with Crippen LogP contribution in [0.2, 0.25) is 0 Å². The molecule has 0 fully saturated rings. The molecular formula is C27H30N4O3S. The summed E-state index contributed by atoms with van der Waals surface area (Å²) >= 11 is 0. The van der Waals surface area contributed by atoms with Crippen molar-refractivity contribution in [2.45, 2.75) is 13.3 Å². The average Bonchev–Trinajstić information content (AvgIpc) is 3.17. The van der Waals surface area contributed by atoms with Crippen LogP contribution in [-0.4, -0.2) is 45.6 Å². The molecular weight excluding hydrogens is 460 g/mol. The molecule has 3 aromatic carbocycles. The summed E-state index contributed by atoms with van der Waals surface area (Å²) in [5.74, 6) is -0.282. The second-order valence-corrected chi connectivity index (χ2v) is 10.7. The van der Waals surface area contributed by atoms with Gasteiger partial charge in [-0.25, -0.2) is 8.42 Å². The number of amides is 1. The van der Waals surface area contributed by atoms with E-state index in [4.69, 9.17) is 0 Å². The van der Waals surface area contributed by atoms with Gasteiger partial charge in [0.15, 0.2) is 0 Å². The summed E-state index contributed by atoms with van der Waals surface area (Å²) in [7, 11) is 0.659. The molecule has 0 aromatic heterocycles. The third-order valence-electron chi connectivity index (χ3n) is 5.80. The molecule has 0 atom stereocenters. The predicted octanol–water partition coefficient (Wildman–Crippen LogP) is 4.48. The van der Waals surface area contributed by atoms with Gasteiger partial charge in [0.25, 0.3) is 5.91 Å². The Kier molecular flexibility index (Phi) is 7.23. The standard InChI is InChI=1S/C27H30N4O3S/c1-4-35(33,34)30-22-14-15-24-23(18-22)25(27(32)29-24)26(20-8-6-5-7-9-20)28-21-12-10-19(11-13-21)16-17-31(2)3/h5-15,18,28,30H,4,16-17H2,1-3H3,(H,29,32)/b26-25-. The summed E-state index contributed by atoms with van der Waals surface area (Å²) < 4.78 is 26.8. The van der Waals surface area contributed by atoms with E-state index in [-0.39, 0.29) is 11.7 Å². The molecule has 3 aromatic rings. The first kappa shape index (κ1) is 24.5. The number of hydrogen-bond acceptors (Lipinski definition) is 5. The van der Waals surface area contributed by atoms with E-state index in [1.54, 1.807) is 25.1 Å². The monoisotopic (exact) mass is 490 g/mol. The molecule has 0 aliphatic carbocycles. The normalized spacial score (nSPS) is 14.5. The Morgan fingerprint density at radius 1 is 0.943 bits per heavy atom. The molecule has 7 nitrogen and oxygen atoms in total. The van der Waals surface area contributed by atoms with Crippen LogP contribution < -0.4 is 15.4 Å². The maximum Gasteiger partial charge on any atom is 0.258 e. The van der Waals surface area contributed by atoms with Gasteiger partial charge in [0.2, 0.25) is 10.0 Å². The van der Waals surface area contributed by atoms with E-state index in [2.05, 4.69) is 46.5 Å². The molecule has 0 radical (unpaired) electrons. The molecule has 0 unspecified atom stereocenters. The van der Waals surface area contributed by atoms with Crippen LogP contribution in [0.5, 0.6) is 0 Å². The number of sulfonamides is 1. The van der Waals surface area contributed by atoms with Gasteiger partial charge in [-0.05, 0) is 68.9 Å². The minimum Gasteiger partial charge on any atom is -0.354 e. The highest BCUT2D eigenvalue weighted by molar-refractivity contribution is 7.92. The topological polar surface area (TPSA) is 90.5 Å². The van der Waals surface area contributed by atoms with Crippen LogP contribution in [0.15, 0.2) is 72.8 Å². The van der Waals surface area contributed by atoms with Gasteiger partial charge >= 0.3 is 0 Å². The van der Waals surface area contributed by atoms with E-state index >= 15 is 0 Å². The Balaban J connectivity index is 1.75. The molecule has 1 amide bonds. The minimum absolute atomic E-state index is 0.0364. The zero-order valence-electron chi connectivity index (χ0n) is 20.1. The Hall–Kier alpha value is -3.62. The number of carbonyl (C=O) groups excluding carboxylic acids is 1. The van der Waals surface area contributed by atoms with Gasteiger partial charge in [-0.15, -0.1) is 0 Å². The number of anilines is 3. The molecule has 1 aliphatic heterocycles. The summed E-state index contributed by atoms with van der Waals surface area (Å²) in [5.41, 5.74) is 5.74. The minimum atomic E-state index is -3.45. The summed E-state index contributed by atoms with van der Waals surface area (Å²) in [6.07, 6.45) is 0.951. The Morgan fingerprint density at radius 3 is 2.29 bits per heavy atom. The van der Waals surface area contributed by atoms with Crippen molar-refractivity contribution in [1.82, 2.24) is 4.90 Å². The summed E-state index contributed by atoms with van der Waals surface area (Å²) in [6, 6.07) is 22.9. The van der Waals surface area contributed by atoms with Crippen LogP contribution in [0.4, 0.5) is 17.1 Å². The smallest absolute Gasteiger partial charge is 0.258 e. The van der Waals surface area contributed by atoms with Crippen molar-refractivity contribution in [2.24, 2.45) is 0 Å². The number of nitrogens with one attached hydrogen (secondary N) is 3. The number of hydrogen-bond donors (Lipinski definition) is 3. The molecule has 182 valence electrons. The van der Waals surface area contributed by atoms with Crippen molar-refractivity contribution in [3.05, 3.63) is 89.5 Å². The van der Waals surface area contributed by atoms with Crippen LogP contribution in [0.25, 0.3) is 11.3 Å². The lowest BCUT2D eigenvalue weighted by Gasteiger charge is -2.16. The highest BCUT2D eigenvalue weighted by Crippen LogP contribution is 2.39. The Bertz CT molecular complexity index is 1350. The van der Waals surface area contributed by atoms with Crippen molar-refractivity contribution >= 4 is 44.3 Å². The fourth-order valence-corrected chi connectivity index (χ4v) is 4.50. The van der Waals surface area contributed by atoms with Gasteiger partial charge in [-0.1, -0.05) is 42.5 Å². The molecule has 0 bridgehead atoms. The van der Waals surface area contributed by atoms with Gasteiger partial charge in [0, 0.05) is 29.2 Å². The fourth-order valence-electron chi connectivity index (χ4n) is 3.87. The van der Waals surface area contributed by atoms with Crippen molar-refractivity contribution in [2.75, 3.05) is 41.7 Å². The fraction of sp³-hybridized carbons (Fsp3) is 0.222. The molecule has 3 N–H and O–H groups in total. The lowest BCUT2D eigenvalue weighted by Crippen LogP contribution is -2.15. The van der Waals surface area contributed by atoms with E-state index in [1.165, 1.54) is 5.56 Å². The number of nitrogens with zero attached hydrogens (tertiary/aromatic N) is 1. The highest BCUT2D eigenvalue weighted by atomic mass is 32.2. The van der Waals surface area contributed by atoms with Gasteiger partial charge in [-0.2, -0.15) is 0 Å². The summed E-state index contributed by atoms with van der Waals surface area (Å²) in [6.45, 7) is 2.54. The van der Waals surface area contributed by atoms with Crippen LogP contribution in [-0.2, 0) is 21.2 Å². The van der Waals surface area contributed by atoms with Crippen LogP contribution in [0, 0.1) is 0 Å². The first-order chi connectivity index (χ1) is 16.8.